The number of aliphatic hydroxyl groups excluding tert-OH is 2. The third-order valence-electron chi connectivity index (χ3n) is 9.12. The van der Waals surface area contributed by atoms with Gasteiger partial charge in [-0.2, -0.15) is 0 Å². The fraction of sp³-hybridized carbons (Fsp3) is 1.00. The van der Waals surface area contributed by atoms with E-state index in [1.54, 1.807) is 0 Å². The molecule has 132 valence electrons. The summed E-state index contributed by atoms with van der Waals surface area (Å²) in [6.07, 6.45) is 8.39. The van der Waals surface area contributed by atoms with E-state index in [2.05, 4.69) is 20.8 Å². The van der Waals surface area contributed by atoms with Crippen LogP contribution in [0.2, 0.25) is 0 Å². The third-order valence-corrected chi connectivity index (χ3v) is 9.12. The molecule has 4 rings (SSSR count). The Morgan fingerprint density at radius 2 is 1.70 bits per heavy atom. The molecule has 0 aliphatic heterocycles. The first-order valence-electron chi connectivity index (χ1n) is 9.69. The Morgan fingerprint density at radius 1 is 0.957 bits per heavy atom. The first-order chi connectivity index (χ1) is 10.7. The van der Waals surface area contributed by atoms with Crippen LogP contribution in [0.15, 0.2) is 0 Å². The van der Waals surface area contributed by atoms with Crippen LogP contribution in [-0.2, 0) is 0 Å². The van der Waals surface area contributed by atoms with E-state index in [-0.39, 0.29) is 29.0 Å². The van der Waals surface area contributed by atoms with Gasteiger partial charge in [0, 0.05) is 0 Å². The van der Waals surface area contributed by atoms with Gasteiger partial charge in [-0.3, -0.25) is 0 Å². The molecule has 7 atom stereocenters. The predicted molar refractivity (Wildman–Crippen MR) is 89.8 cm³/mol. The number of hydrogen-bond donors (Lipinski definition) is 3. The highest BCUT2D eigenvalue weighted by atomic mass is 16.3. The zero-order valence-electron chi connectivity index (χ0n) is 15.0. The molecule has 4 aliphatic rings. The highest BCUT2D eigenvalue weighted by molar-refractivity contribution is 5.17. The Labute approximate surface area is 140 Å². The molecule has 3 nitrogen and oxygen atoms in total. The Morgan fingerprint density at radius 3 is 2.39 bits per heavy atom. The molecule has 3 heteroatoms. The van der Waals surface area contributed by atoms with Crippen LogP contribution in [0.4, 0.5) is 0 Å². The largest absolute Gasteiger partial charge is 0.393 e. The lowest BCUT2D eigenvalue weighted by atomic mass is 9.41. The summed E-state index contributed by atoms with van der Waals surface area (Å²) in [6, 6.07) is 0. The van der Waals surface area contributed by atoms with Crippen molar-refractivity contribution in [2.45, 2.75) is 83.8 Å². The van der Waals surface area contributed by atoms with Crippen molar-refractivity contribution >= 4 is 0 Å². The van der Waals surface area contributed by atoms with Crippen molar-refractivity contribution in [3.63, 3.8) is 0 Å². The van der Waals surface area contributed by atoms with E-state index in [1.807, 2.05) is 0 Å². The average Bonchev–Trinajstić information content (AvgIpc) is 2.70. The molecule has 0 radical (unpaired) electrons. The van der Waals surface area contributed by atoms with Gasteiger partial charge in [-0.15, -0.1) is 0 Å². The summed E-state index contributed by atoms with van der Waals surface area (Å²) in [5.41, 5.74) is -0.310. The van der Waals surface area contributed by atoms with Gasteiger partial charge >= 0.3 is 0 Å². The van der Waals surface area contributed by atoms with Crippen LogP contribution in [0, 0.1) is 34.0 Å². The molecule has 0 saturated heterocycles. The van der Waals surface area contributed by atoms with Gasteiger partial charge < -0.3 is 15.3 Å². The fourth-order valence-electron chi connectivity index (χ4n) is 8.02. The quantitative estimate of drug-likeness (QED) is 0.695. The van der Waals surface area contributed by atoms with Crippen LogP contribution < -0.4 is 0 Å². The normalized spacial score (nSPS) is 57.7. The lowest BCUT2D eigenvalue weighted by molar-refractivity contribution is -0.180. The van der Waals surface area contributed by atoms with E-state index in [0.29, 0.717) is 17.8 Å². The van der Waals surface area contributed by atoms with Crippen molar-refractivity contribution in [1.29, 1.82) is 0 Å². The lowest BCUT2D eigenvalue weighted by Crippen LogP contribution is -2.59. The topological polar surface area (TPSA) is 60.7 Å². The molecule has 4 unspecified atom stereocenters. The molecule has 0 aromatic heterocycles. The van der Waals surface area contributed by atoms with Gasteiger partial charge in [0.25, 0.3) is 0 Å². The van der Waals surface area contributed by atoms with Crippen LogP contribution in [0.3, 0.4) is 0 Å². The van der Waals surface area contributed by atoms with Crippen molar-refractivity contribution in [2.24, 2.45) is 34.0 Å². The molecule has 4 fully saturated rings. The van der Waals surface area contributed by atoms with Crippen LogP contribution in [0.5, 0.6) is 0 Å². The molecular weight excluding hydrogens is 288 g/mol. The van der Waals surface area contributed by atoms with E-state index < -0.39 is 5.60 Å². The molecule has 0 amide bonds. The Bertz CT molecular complexity index is 503. The SMILES string of the molecule is CC1(C)C(O)CC[C@]2(C)C1CC[C@@]13CC(CCC12)[C@](O)(CO)C3. The number of aliphatic hydroxyl groups is 3. The first-order valence-corrected chi connectivity index (χ1v) is 9.69. The van der Waals surface area contributed by atoms with Crippen LogP contribution in [0.25, 0.3) is 0 Å². The summed E-state index contributed by atoms with van der Waals surface area (Å²) in [5.74, 6) is 1.53. The second kappa shape index (κ2) is 4.74. The van der Waals surface area contributed by atoms with Gasteiger partial charge in [0.1, 0.15) is 0 Å². The first kappa shape index (κ1) is 16.4. The van der Waals surface area contributed by atoms with Crippen molar-refractivity contribution < 1.29 is 15.3 Å². The Hall–Kier alpha value is -0.120. The zero-order chi connectivity index (χ0) is 16.7. The molecule has 0 heterocycles. The Kier molecular flexibility index (Phi) is 3.37. The molecule has 0 aromatic carbocycles. The monoisotopic (exact) mass is 322 g/mol. The van der Waals surface area contributed by atoms with Crippen molar-refractivity contribution in [3.05, 3.63) is 0 Å². The number of rotatable bonds is 1. The molecular formula is C20H34O3. The van der Waals surface area contributed by atoms with E-state index in [1.165, 1.54) is 19.3 Å². The summed E-state index contributed by atoms with van der Waals surface area (Å²) in [6.45, 7) is 6.94. The molecule has 1 spiro atoms. The van der Waals surface area contributed by atoms with Gasteiger partial charge in [-0.25, -0.2) is 0 Å². The van der Waals surface area contributed by atoms with Gasteiger partial charge in [-0.05, 0) is 85.4 Å². The molecule has 4 saturated carbocycles. The van der Waals surface area contributed by atoms with Gasteiger partial charge in [0.2, 0.25) is 0 Å². The third kappa shape index (κ3) is 1.93. The maximum Gasteiger partial charge on any atom is 0.0910 e. The van der Waals surface area contributed by atoms with Crippen LogP contribution in [-0.4, -0.2) is 33.6 Å². The van der Waals surface area contributed by atoms with E-state index in [0.717, 1.165) is 32.1 Å². The average molecular weight is 322 g/mol. The molecule has 4 aliphatic carbocycles. The molecule has 0 aromatic rings. The Balaban J connectivity index is 1.72. The van der Waals surface area contributed by atoms with Crippen molar-refractivity contribution in [3.8, 4) is 0 Å². The summed E-state index contributed by atoms with van der Waals surface area (Å²) in [4.78, 5) is 0. The number of hydrogen-bond acceptors (Lipinski definition) is 3. The highest BCUT2D eigenvalue weighted by Gasteiger charge is 2.67. The van der Waals surface area contributed by atoms with E-state index in [9.17, 15) is 15.3 Å². The lowest BCUT2D eigenvalue weighted by Gasteiger charge is -2.64. The van der Waals surface area contributed by atoms with Gasteiger partial charge in [0.05, 0.1) is 18.3 Å². The van der Waals surface area contributed by atoms with Crippen molar-refractivity contribution in [1.82, 2.24) is 0 Å². The summed E-state index contributed by atoms with van der Waals surface area (Å²) < 4.78 is 0. The minimum absolute atomic E-state index is 0.00263. The second-order valence-corrected chi connectivity index (χ2v) is 10.3. The van der Waals surface area contributed by atoms with Crippen molar-refractivity contribution in [2.75, 3.05) is 6.61 Å². The molecule has 3 N–H and O–H groups in total. The van der Waals surface area contributed by atoms with Crippen LogP contribution in [0.1, 0.15) is 72.1 Å². The summed E-state index contributed by atoms with van der Waals surface area (Å²) >= 11 is 0. The minimum atomic E-state index is -0.832. The highest BCUT2D eigenvalue weighted by Crippen LogP contribution is 2.72. The van der Waals surface area contributed by atoms with Gasteiger partial charge in [-0.1, -0.05) is 20.8 Å². The molecule has 2 bridgehead atoms. The minimum Gasteiger partial charge on any atom is -0.393 e. The van der Waals surface area contributed by atoms with E-state index in [4.69, 9.17) is 0 Å². The van der Waals surface area contributed by atoms with Crippen LogP contribution >= 0.6 is 0 Å². The maximum absolute atomic E-state index is 10.9. The van der Waals surface area contributed by atoms with Gasteiger partial charge in [0.15, 0.2) is 0 Å². The summed E-state index contributed by atoms with van der Waals surface area (Å²) in [5, 5.41) is 31.3. The number of fused-ring (bicyclic) bond motifs is 3. The van der Waals surface area contributed by atoms with E-state index >= 15 is 0 Å². The summed E-state index contributed by atoms with van der Waals surface area (Å²) in [7, 11) is 0. The second-order valence-electron chi connectivity index (χ2n) is 10.3. The standard InChI is InChI=1S/C20H34O3/c1-17(2)14-6-9-19-10-13(20(23,11-19)12-21)4-5-15(19)18(14,3)8-7-16(17)22/h13-16,21-23H,4-12H2,1-3H3/t13?,14?,15?,16?,18-,19+,20-/m1/s1. The fourth-order valence-corrected chi connectivity index (χ4v) is 8.02. The smallest absolute Gasteiger partial charge is 0.0910 e. The zero-order valence-corrected chi connectivity index (χ0v) is 15.0. The molecule has 23 heavy (non-hydrogen) atoms. The maximum atomic E-state index is 10.9. The predicted octanol–water partition coefficient (Wildman–Crippen LogP) is 3.11.